The Morgan fingerprint density at radius 3 is 2.87 bits per heavy atom. The molecule has 8 nitrogen and oxygen atoms in total. The van der Waals surface area contributed by atoms with E-state index >= 15 is 0 Å². The molecule has 0 saturated carbocycles. The summed E-state index contributed by atoms with van der Waals surface area (Å²) >= 11 is 0. The molecule has 3 aromatic rings. The molecule has 2 N–H and O–H groups in total. The number of nitrogens with zero attached hydrogens (tertiary/aromatic N) is 4. The number of nitrogens with one attached hydrogen (secondary N) is 1. The molecule has 1 aliphatic heterocycles. The Hall–Kier alpha value is -3.00. The molecule has 1 aliphatic rings. The summed E-state index contributed by atoms with van der Waals surface area (Å²) in [6.45, 7) is 0.292. The van der Waals surface area contributed by atoms with Gasteiger partial charge < -0.3 is 15.0 Å². The first kappa shape index (κ1) is 13.6. The number of aliphatic hydroxyl groups is 1. The molecule has 4 rings (SSSR count). The number of hydrogen-bond acceptors (Lipinski definition) is 5. The number of carbonyl (C=O) groups excluding carboxylic acids is 1. The second kappa shape index (κ2) is 4.75. The molecule has 4 heterocycles. The summed E-state index contributed by atoms with van der Waals surface area (Å²) in [6, 6.07) is 6.73. The fourth-order valence-electron chi connectivity index (χ4n) is 2.73. The number of likely N-dealkylation sites (tertiary alicyclic amines) is 1. The van der Waals surface area contributed by atoms with Gasteiger partial charge in [-0.3, -0.25) is 14.6 Å². The summed E-state index contributed by atoms with van der Waals surface area (Å²) in [6.07, 6.45) is 4.63. The van der Waals surface area contributed by atoms with Crippen LogP contribution in [0, 0.1) is 0 Å². The predicted octanol–water partition coefficient (Wildman–Crippen LogP) is -0.239. The lowest BCUT2D eigenvalue weighted by Crippen LogP contribution is -2.61. The zero-order chi connectivity index (χ0) is 16.0. The third-order valence-corrected chi connectivity index (χ3v) is 3.95. The van der Waals surface area contributed by atoms with Crippen LogP contribution in [0.2, 0.25) is 0 Å². The number of H-pyrrole nitrogens is 1. The minimum Gasteiger partial charge on any atom is -0.380 e. The van der Waals surface area contributed by atoms with Crippen molar-refractivity contribution in [3.63, 3.8) is 0 Å². The Morgan fingerprint density at radius 2 is 2.17 bits per heavy atom. The van der Waals surface area contributed by atoms with Gasteiger partial charge in [0.15, 0.2) is 5.69 Å². The van der Waals surface area contributed by atoms with Gasteiger partial charge in [-0.15, -0.1) is 0 Å². The minimum absolute atomic E-state index is 0.146. The van der Waals surface area contributed by atoms with Crippen LogP contribution in [0.3, 0.4) is 0 Å². The molecule has 1 amide bonds. The van der Waals surface area contributed by atoms with E-state index in [2.05, 4.69) is 15.1 Å². The van der Waals surface area contributed by atoms with Crippen LogP contribution in [0.15, 0.2) is 47.7 Å². The van der Waals surface area contributed by atoms with Crippen molar-refractivity contribution in [2.45, 2.75) is 5.60 Å². The lowest BCUT2D eigenvalue weighted by molar-refractivity contribution is -0.0893. The van der Waals surface area contributed by atoms with Crippen molar-refractivity contribution in [3.05, 3.63) is 64.6 Å². The van der Waals surface area contributed by atoms with E-state index < -0.39 is 5.60 Å². The van der Waals surface area contributed by atoms with Gasteiger partial charge in [-0.25, -0.2) is 4.52 Å². The third kappa shape index (κ3) is 2.11. The molecule has 0 aromatic carbocycles. The van der Waals surface area contributed by atoms with E-state index in [0.29, 0.717) is 11.2 Å². The van der Waals surface area contributed by atoms with E-state index in [9.17, 15) is 14.7 Å². The van der Waals surface area contributed by atoms with Gasteiger partial charge in [-0.2, -0.15) is 5.10 Å². The van der Waals surface area contributed by atoms with Crippen LogP contribution in [0.1, 0.15) is 16.2 Å². The molecule has 0 unspecified atom stereocenters. The molecule has 1 saturated heterocycles. The van der Waals surface area contributed by atoms with Crippen molar-refractivity contribution in [2.24, 2.45) is 0 Å². The maximum atomic E-state index is 12.4. The lowest BCUT2D eigenvalue weighted by Gasteiger charge is -2.45. The molecule has 0 spiro atoms. The number of rotatable bonds is 2. The molecule has 0 aliphatic carbocycles. The van der Waals surface area contributed by atoms with Crippen LogP contribution in [-0.4, -0.2) is 48.6 Å². The number of β-amino-alcohol motifs (C(OH)–C–C–N with tert-alkyl or cyclic N) is 1. The van der Waals surface area contributed by atoms with Gasteiger partial charge in [0.2, 0.25) is 0 Å². The summed E-state index contributed by atoms with van der Waals surface area (Å²) < 4.78 is 1.36. The fourth-order valence-corrected chi connectivity index (χ4v) is 2.73. The van der Waals surface area contributed by atoms with E-state index in [1.807, 2.05) is 0 Å². The van der Waals surface area contributed by atoms with Crippen LogP contribution in [0.4, 0.5) is 0 Å². The normalized spacial score (nSPS) is 16.3. The quantitative estimate of drug-likeness (QED) is 0.680. The zero-order valence-corrected chi connectivity index (χ0v) is 12.0. The SMILES string of the molecule is O=C(c1cc2c(=O)[nH]ccn2n1)N1CC(O)(c2ccccn2)C1. The number of fused-ring (bicyclic) bond motifs is 1. The van der Waals surface area contributed by atoms with E-state index in [4.69, 9.17) is 0 Å². The summed E-state index contributed by atoms with van der Waals surface area (Å²) in [5, 5.41) is 14.6. The third-order valence-electron chi connectivity index (χ3n) is 3.95. The summed E-state index contributed by atoms with van der Waals surface area (Å²) in [7, 11) is 0. The summed E-state index contributed by atoms with van der Waals surface area (Å²) in [5.41, 5.74) is -0.433. The van der Waals surface area contributed by atoms with Gasteiger partial charge in [0, 0.05) is 24.7 Å². The van der Waals surface area contributed by atoms with Crippen molar-refractivity contribution in [1.29, 1.82) is 0 Å². The van der Waals surface area contributed by atoms with Crippen LogP contribution in [0.5, 0.6) is 0 Å². The van der Waals surface area contributed by atoms with Gasteiger partial charge in [0.05, 0.1) is 18.8 Å². The topological polar surface area (TPSA) is 104 Å². The first-order valence-corrected chi connectivity index (χ1v) is 7.07. The highest BCUT2D eigenvalue weighted by Gasteiger charge is 2.46. The molecule has 3 aromatic heterocycles. The number of pyridine rings is 1. The van der Waals surface area contributed by atoms with Crippen molar-refractivity contribution in [3.8, 4) is 0 Å². The van der Waals surface area contributed by atoms with Crippen LogP contribution in [-0.2, 0) is 5.60 Å². The lowest BCUT2D eigenvalue weighted by atomic mass is 9.89. The van der Waals surface area contributed by atoms with Crippen molar-refractivity contribution < 1.29 is 9.90 Å². The van der Waals surface area contributed by atoms with E-state index in [-0.39, 0.29) is 30.2 Å². The minimum atomic E-state index is -1.13. The number of hydrogen-bond donors (Lipinski definition) is 2. The molecule has 8 heteroatoms. The van der Waals surface area contributed by atoms with Gasteiger partial charge in [-0.05, 0) is 12.1 Å². The maximum absolute atomic E-state index is 12.4. The highest BCUT2D eigenvalue weighted by molar-refractivity contribution is 5.94. The molecule has 23 heavy (non-hydrogen) atoms. The molecule has 0 bridgehead atoms. The molecule has 116 valence electrons. The monoisotopic (exact) mass is 311 g/mol. The number of carbonyl (C=O) groups is 1. The molecule has 0 radical (unpaired) electrons. The number of aromatic nitrogens is 4. The second-order valence-corrected chi connectivity index (χ2v) is 5.56. The summed E-state index contributed by atoms with van der Waals surface area (Å²) in [5.74, 6) is -0.325. The van der Waals surface area contributed by atoms with Crippen LogP contribution < -0.4 is 5.56 Å². The Morgan fingerprint density at radius 1 is 1.35 bits per heavy atom. The van der Waals surface area contributed by atoms with Gasteiger partial charge >= 0.3 is 0 Å². The van der Waals surface area contributed by atoms with Gasteiger partial charge in [-0.1, -0.05) is 6.07 Å². The van der Waals surface area contributed by atoms with Crippen molar-refractivity contribution in [2.75, 3.05) is 13.1 Å². The maximum Gasteiger partial charge on any atom is 0.274 e. The van der Waals surface area contributed by atoms with Crippen LogP contribution in [0.25, 0.3) is 5.52 Å². The number of aromatic amines is 1. The first-order valence-electron chi connectivity index (χ1n) is 7.07. The Bertz CT molecular complexity index is 940. The van der Waals surface area contributed by atoms with E-state index in [0.717, 1.165) is 0 Å². The smallest absolute Gasteiger partial charge is 0.274 e. The molecule has 1 fully saturated rings. The Balaban J connectivity index is 1.57. The van der Waals surface area contributed by atoms with E-state index in [1.165, 1.54) is 21.7 Å². The Labute approximate surface area is 130 Å². The zero-order valence-electron chi connectivity index (χ0n) is 12.0. The van der Waals surface area contributed by atoms with Gasteiger partial charge in [0.1, 0.15) is 11.1 Å². The Kier molecular flexibility index (Phi) is 2.82. The second-order valence-electron chi connectivity index (χ2n) is 5.56. The van der Waals surface area contributed by atoms with Crippen molar-refractivity contribution >= 4 is 11.4 Å². The fraction of sp³-hybridized carbons (Fsp3) is 0.200. The molecular formula is C15H13N5O3. The first-order chi connectivity index (χ1) is 11.1. The molecule has 0 atom stereocenters. The standard InChI is InChI=1S/C15H13N5O3/c21-13-11-7-10(18-20(11)6-5-17-13)14(22)19-8-15(23,9-19)12-3-1-2-4-16-12/h1-7,23H,8-9H2,(H,17,21). The van der Waals surface area contributed by atoms with E-state index in [1.54, 1.807) is 30.6 Å². The van der Waals surface area contributed by atoms with Gasteiger partial charge in [0.25, 0.3) is 11.5 Å². The summed E-state index contributed by atoms with van der Waals surface area (Å²) in [4.78, 5) is 32.2. The van der Waals surface area contributed by atoms with Crippen LogP contribution >= 0.6 is 0 Å². The average molecular weight is 311 g/mol. The van der Waals surface area contributed by atoms with Crippen molar-refractivity contribution in [1.82, 2.24) is 24.5 Å². The number of amides is 1. The molecular weight excluding hydrogens is 298 g/mol. The average Bonchev–Trinajstić information content (AvgIpc) is 2.98. The highest BCUT2D eigenvalue weighted by atomic mass is 16.3. The highest BCUT2D eigenvalue weighted by Crippen LogP contribution is 2.31. The predicted molar refractivity (Wildman–Crippen MR) is 79.9 cm³/mol. The largest absolute Gasteiger partial charge is 0.380 e.